The van der Waals surface area contributed by atoms with Gasteiger partial charge in [-0.1, -0.05) is 13.0 Å². The highest BCUT2D eigenvalue weighted by molar-refractivity contribution is 5.50. The van der Waals surface area contributed by atoms with Crippen molar-refractivity contribution in [1.29, 1.82) is 0 Å². The predicted molar refractivity (Wildman–Crippen MR) is 57.9 cm³/mol. The molecule has 0 spiro atoms. The molecule has 0 saturated carbocycles. The lowest BCUT2D eigenvalue weighted by Gasteiger charge is -2.10. The van der Waals surface area contributed by atoms with Crippen LogP contribution in [-0.2, 0) is 0 Å². The van der Waals surface area contributed by atoms with Crippen LogP contribution in [0, 0.1) is 10.1 Å². The molecule has 0 aliphatic heterocycles. The lowest BCUT2D eigenvalue weighted by molar-refractivity contribution is -0.384. The van der Waals surface area contributed by atoms with Gasteiger partial charge in [0, 0.05) is 24.4 Å². The summed E-state index contributed by atoms with van der Waals surface area (Å²) in [5.41, 5.74) is 0.697. The molecule has 82 valence electrons. The van der Waals surface area contributed by atoms with E-state index in [2.05, 4.69) is 5.32 Å². The summed E-state index contributed by atoms with van der Waals surface area (Å²) in [5.74, 6) is 0. The molecule has 0 radical (unpaired) electrons. The van der Waals surface area contributed by atoms with Crippen molar-refractivity contribution in [3.63, 3.8) is 0 Å². The molecule has 1 aromatic rings. The number of nitrogens with one attached hydrogen (secondary N) is 1. The van der Waals surface area contributed by atoms with Crippen LogP contribution in [0.15, 0.2) is 24.3 Å². The second kappa shape index (κ2) is 5.31. The number of hydrogen-bond donors (Lipinski definition) is 2. The maximum Gasteiger partial charge on any atom is 0.271 e. The van der Waals surface area contributed by atoms with Gasteiger partial charge in [-0.15, -0.1) is 0 Å². The topological polar surface area (TPSA) is 75.4 Å². The number of anilines is 1. The number of nitro benzene ring substituents is 1. The van der Waals surface area contributed by atoms with Crippen LogP contribution in [0.25, 0.3) is 0 Å². The van der Waals surface area contributed by atoms with Gasteiger partial charge in [0.1, 0.15) is 0 Å². The average molecular weight is 210 g/mol. The van der Waals surface area contributed by atoms with Crippen LogP contribution in [0.2, 0.25) is 0 Å². The van der Waals surface area contributed by atoms with Gasteiger partial charge in [-0.2, -0.15) is 0 Å². The third-order valence-corrected chi connectivity index (χ3v) is 2.07. The summed E-state index contributed by atoms with van der Waals surface area (Å²) in [6, 6.07) is 6.22. The van der Waals surface area contributed by atoms with E-state index in [1.807, 2.05) is 6.92 Å². The average Bonchev–Trinajstić information content (AvgIpc) is 2.26. The molecule has 0 aliphatic rings. The molecule has 0 aromatic heterocycles. The van der Waals surface area contributed by atoms with Gasteiger partial charge in [-0.3, -0.25) is 10.1 Å². The second-order valence-electron chi connectivity index (χ2n) is 3.25. The van der Waals surface area contributed by atoms with Crippen LogP contribution in [0.5, 0.6) is 0 Å². The molecule has 0 heterocycles. The second-order valence-corrected chi connectivity index (χ2v) is 3.25. The Bertz CT molecular complexity index is 341. The van der Waals surface area contributed by atoms with E-state index in [0.717, 1.165) is 0 Å². The van der Waals surface area contributed by atoms with E-state index in [4.69, 9.17) is 0 Å². The van der Waals surface area contributed by atoms with Crippen LogP contribution in [-0.4, -0.2) is 22.7 Å². The molecule has 2 N–H and O–H groups in total. The summed E-state index contributed by atoms with van der Waals surface area (Å²) >= 11 is 0. The van der Waals surface area contributed by atoms with Gasteiger partial charge in [0.05, 0.1) is 11.0 Å². The van der Waals surface area contributed by atoms with Crippen LogP contribution in [0.3, 0.4) is 0 Å². The Morgan fingerprint density at radius 1 is 1.60 bits per heavy atom. The SMILES string of the molecule is CCC(O)CNc1cccc([N+](=O)[O-])c1. The first-order valence-electron chi connectivity index (χ1n) is 4.80. The molecule has 0 bridgehead atoms. The molecule has 1 rings (SSSR count). The predicted octanol–water partition coefficient (Wildman–Crippen LogP) is 1.78. The van der Waals surface area contributed by atoms with E-state index in [1.165, 1.54) is 12.1 Å². The third kappa shape index (κ3) is 3.55. The summed E-state index contributed by atoms with van der Waals surface area (Å²) in [6.07, 6.45) is 0.228. The highest BCUT2D eigenvalue weighted by atomic mass is 16.6. The van der Waals surface area contributed by atoms with Gasteiger partial charge in [-0.25, -0.2) is 0 Å². The number of nitrogens with zero attached hydrogens (tertiary/aromatic N) is 1. The first kappa shape index (κ1) is 11.5. The van der Waals surface area contributed by atoms with Crippen LogP contribution >= 0.6 is 0 Å². The van der Waals surface area contributed by atoms with Gasteiger partial charge >= 0.3 is 0 Å². The molecule has 0 amide bonds. The number of aliphatic hydroxyl groups is 1. The number of hydrogen-bond acceptors (Lipinski definition) is 4. The maximum atomic E-state index is 10.5. The number of rotatable bonds is 5. The summed E-state index contributed by atoms with van der Waals surface area (Å²) in [5, 5.41) is 22.7. The first-order chi connectivity index (χ1) is 7.13. The van der Waals surface area contributed by atoms with Crippen molar-refractivity contribution in [3.05, 3.63) is 34.4 Å². The number of aliphatic hydroxyl groups excluding tert-OH is 1. The Balaban J connectivity index is 2.62. The summed E-state index contributed by atoms with van der Waals surface area (Å²) in [7, 11) is 0. The molecule has 0 saturated heterocycles. The van der Waals surface area contributed by atoms with Crippen molar-refractivity contribution >= 4 is 11.4 Å². The fourth-order valence-corrected chi connectivity index (χ4v) is 1.11. The summed E-state index contributed by atoms with van der Waals surface area (Å²) < 4.78 is 0. The number of nitro groups is 1. The zero-order valence-corrected chi connectivity index (χ0v) is 8.51. The Labute approximate surface area is 87.9 Å². The fourth-order valence-electron chi connectivity index (χ4n) is 1.11. The van der Waals surface area contributed by atoms with Gasteiger partial charge < -0.3 is 10.4 Å². The van der Waals surface area contributed by atoms with Gasteiger partial charge in [0.2, 0.25) is 0 Å². The zero-order valence-electron chi connectivity index (χ0n) is 8.51. The van der Waals surface area contributed by atoms with E-state index >= 15 is 0 Å². The first-order valence-corrected chi connectivity index (χ1v) is 4.80. The maximum absolute atomic E-state index is 10.5. The Kier molecular flexibility index (Phi) is 4.05. The molecule has 0 aliphatic carbocycles. The van der Waals surface area contributed by atoms with Crippen molar-refractivity contribution in [2.24, 2.45) is 0 Å². The number of non-ortho nitro benzene ring substituents is 1. The van der Waals surface area contributed by atoms with E-state index < -0.39 is 11.0 Å². The number of benzene rings is 1. The van der Waals surface area contributed by atoms with E-state index in [0.29, 0.717) is 18.7 Å². The molecular formula is C10H14N2O3. The lowest BCUT2D eigenvalue weighted by Crippen LogP contribution is -2.18. The van der Waals surface area contributed by atoms with E-state index in [1.54, 1.807) is 12.1 Å². The molecular weight excluding hydrogens is 196 g/mol. The van der Waals surface area contributed by atoms with Crippen molar-refractivity contribution in [2.45, 2.75) is 19.4 Å². The normalized spacial score (nSPS) is 12.1. The standard InChI is InChI=1S/C10H14N2O3/c1-2-10(13)7-11-8-4-3-5-9(6-8)12(14)15/h3-6,10-11,13H,2,7H2,1H3. The minimum atomic E-state index is -0.443. The summed E-state index contributed by atoms with van der Waals surface area (Å²) in [4.78, 5) is 10.0. The van der Waals surface area contributed by atoms with Gasteiger partial charge in [0.25, 0.3) is 5.69 Å². The van der Waals surface area contributed by atoms with Crippen molar-refractivity contribution in [2.75, 3.05) is 11.9 Å². The Morgan fingerprint density at radius 3 is 2.93 bits per heavy atom. The minimum absolute atomic E-state index is 0.0472. The fraction of sp³-hybridized carbons (Fsp3) is 0.400. The van der Waals surface area contributed by atoms with Crippen LogP contribution < -0.4 is 5.32 Å². The molecule has 1 aromatic carbocycles. The van der Waals surface area contributed by atoms with E-state index in [9.17, 15) is 15.2 Å². The zero-order chi connectivity index (χ0) is 11.3. The third-order valence-electron chi connectivity index (χ3n) is 2.07. The smallest absolute Gasteiger partial charge is 0.271 e. The van der Waals surface area contributed by atoms with Crippen molar-refractivity contribution < 1.29 is 10.0 Å². The molecule has 5 heteroatoms. The Hall–Kier alpha value is -1.62. The monoisotopic (exact) mass is 210 g/mol. The summed E-state index contributed by atoms with van der Waals surface area (Å²) in [6.45, 7) is 2.28. The largest absolute Gasteiger partial charge is 0.391 e. The highest BCUT2D eigenvalue weighted by Gasteiger charge is 2.06. The van der Waals surface area contributed by atoms with E-state index in [-0.39, 0.29) is 5.69 Å². The quantitative estimate of drug-likeness (QED) is 0.573. The van der Waals surface area contributed by atoms with Crippen molar-refractivity contribution in [3.8, 4) is 0 Å². The van der Waals surface area contributed by atoms with Crippen LogP contribution in [0.1, 0.15) is 13.3 Å². The Morgan fingerprint density at radius 2 is 2.33 bits per heavy atom. The molecule has 1 atom stereocenters. The van der Waals surface area contributed by atoms with Crippen LogP contribution in [0.4, 0.5) is 11.4 Å². The minimum Gasteiger partial charge on any atom is -0.391 e. The highest BCUT2D eigenvalue weighted by Crippen LogP contribution is 2.16. The molecule has 15 heavy (non-hydrogen) atoms. The lowest BCUT2D eigenvalue weighted by atomic mass is 10.2. The molecule has 5 nitrogen and oxygen atoms in total. The van der Waals surface area contributed by atoms with Gasteiger partial charge in [0.15, 0.2) is 0 Å². The van der Waals surface area contributed by atoms with Gasteiger partial charge in [-0.05, 0) is 12.5 Å². The molecule has 0 fully saturated rings. The van der Waals surface area contributed by atoms with Crippen molar-refractivity contribution in [1.82, 2.24) is 0 Å². The molecule has 1 unspecified atom stereocenters.